The van der Waals surface area contributed by atoms with Gasteiger partial charge < -0.3 is 9.97 Å². The van der Waals surface area contributed by atoms with Gasteiger partial charge in [-0.25, -0.2) is 4.79 Å². The van der Waals surface area contributed by atoms with E-state index in [1.807, 2.05) is 12.1 Å². The lowest BCUT2D eigenvalue weighted by atomic mass is 10.1. The average Bonchev–Trinajstić information content (AvgIpc) is 3.01. The third kappa shape index (κ3) is 2.13. The van der Waals surface area contributed by atoms with Crippen LogP contribution in [0.4, 0.5) is 0 Å². The van der Waals surface area contributed by atoms with Gasteiger partial charge in [0.2, 0.25) is 5.78 Å². The first kappa shape index (κ1) is 11.9. The Morgan fingerprint density at radius 1 is 1.16 bits per heavy atom. The predicted molar refractivity (Wildman–Crippen MR) is 76.0 cm³/mol. The summed E-state index contributed by atoms with van der Waals surface area (Å²) in [6.45, 7) is 2.07. The summed E-state index contributed by atoms with van der Waals surface area (Å²) < 4.78 is 0. The van der Waals surface area contributed by atoms with Crippen LogP contribution >= 0.6 is 11.3 Å². The van der Waals surface area contributed by atoms with E-state index in [1.54, 1.807) is 18.2 Å². The molecule has 2 N–H and O–H groups in total. The van der Waals surface area contributed by atoms with Gasteiger partial charge >= 0.3 is 5.69 Å². The van der Waals surface area contributed by atoms with Crippen LogP contribution in [0.2, 0.25) is 0 Å². The fraction of sp³-hybridized carbons (Fsp3) is 0.143. The molecule has 0 atom stereocenters. The Kier molecular flexibility index (Phi) is 2.83. The predicted octanol–water partition coefficient (Wildman–Crippen LogP) is 2.71. The molecule has 2 heterocycles. The molecule has 0 saturated carbocycles. The van der Waals surface area contributed by atoms with Gasteiger partial charge in [0.05, 0.1) is 15.9 Å². The van der Waals surface area contributed by atoms with Gasteiger partial charge in [-0.2, -0.15) is 0 Å². The molecule has 0 amide bonds. The third-order valence-electron chi connectivity index (χ3n) is 3.01. The SMILES string of the molecule is CCc1ccc(C(=O)c2ccc3[nH]c(=O)[nH]c3c2)s1. The van der Waals surface area contributed by atoms with Gasteiger partial charge in [-0.3, -0.25) is 4.79 Å². The van der Waals surface area contributed by atoms with Crippen molar-refractivity contribution in [2.45, 2.75) is 13.3 Å². The van der Waals surface area contributed by atoms with Gasteiger partial charge in [0, 0.05) is 10.4 Å². The number of benzene rings is 1. The lowest BCUT2D eigenvalue weighted by molar-refractivity contribution is 0.104. The Morgan fingerprint density at radius 2 is 1.95 bits per heavy atom. The quantitative estimate of drug-likeness (QED) is 0.720. The van der Waals surface area contributed by atoms with Crippen molar-refractivity contribution in [2.75, 3.05) is 0 Å². The topological polar surface area (TPSA) is 65.7 Å². The van der Waals surface area contributed by atoms with Crippen molar-refractivity contribution in [3.63, 3.8) is 0 Å². The van der Waals surface area contributed by atoms with Crippen molar-refractivity contribution in [3.8, 4) is 0 Å². The van der Waals surface area contributed by atoms with Gasteiger partial charge in [0.15, 0.2) is 0 Å². The van der Waals surface area contributed by atoms with Crippen LogP contribution in [0, 0.1) is 0 Å². The molecule has 0 bridgehead atoms. The molecule has 0 aliphatic carbocycles. The maximum absolute atomic E-state index is 12.3. The highest BCUT2D eigenvalue weighted by Crippen LogP contribution is 2.21. The van der Waals surface area contributed by atoms with Crippen LogP contribution in [0.3, 0.4) is 0 Å². The van der Waals surface area contributed by atoms with E-state index in [1.165, 1.54) is 16.2 Å². The maximum Gasteiger partial charge on any atom is 0.323 e. The zero-order valence-corrected chi connectivity index (χ0v) is 11.1. The number of carbonyl (C=O) groups is 1. The molecule has 3 aromatic rings. The van der Waals surface area contributed by atoms with E-state index in [0.717, 1.165) is 11.3 Å². The molecule has 3 rings (SSSR count). The third-order valence-corrected chi connectivity index (χ3v) is 4.24. The molecule has 1 aromatic carbocycles. The molecule has 4 nitrogen and oxygen atoms in total. The normalized spacial score (nSPS) is 11.0. The largest absolute Gasteiger partial charge is 0.323 e. The van der Waals surface area contributed by atoms with Crippen LogP contribution in [0.15, 0.2) is 35.1 Å². The number of aromatic amines is 2. The fourth-order valence-corrected chi connectivity index (χ4v) is 2.92. The summed E-state index contributed by atoms with van der Waals surface area (Å²) in [5, 5.41) is 0. The van der Waals surface area contributed by atoms with E-state index < -0.39 is 0 Å². The number of carbonyl (C=O) groups excluding carboxylic acids is 1. The molecule has 19 heavy (non-hydrogen) atoms. The van der Waals surface area contributed by atoms with Crippen molar-refractivity contribution in [2.24, 2.45) is 0 Å². The van der Waals surface area contributed by atoms with Gasteiger partial charge in [0.25, 0.3) is 0 Å². The first-order chi connectivity index (χ1) is 9.17. The van der Waals surface area contributed by atoms with Crippen molar-refractivity contribution < 1.29 is 4.79 Å². The Morgan fingerprint density at radius 3 is 2.68 bits per heavy atom. The standard InChI is InChI=1S/C14H12N2O2S/c1-2-9-4-6-12(19-9)13(17)8-3-5-10-11(7-8)16-14(18)15-10/h3-7H,2H2,1H3,(H2,15,16,18). The number of hydrogen-bond acceptors (Lipinski definition) is 3. The minimum Gasteiger partial charge on any atom is -0.306 e. The number of ketones is 1. The van der Waals surface area contributed by atoms with Crippen LogP contribution in [-0.2, 0) is 6.42 Å². The first-order valence-electron chi connectivity index (χ1n) is 6.03. The van der Waals surface area contributed by atoms with Crippen molar-refractivity contribution in [1.82, 2.24) is 9.97 Å². The highest BCUT2D eigenvalue weighted by Gasteiger charge is 2.12. The highest BCUT2D eigenvalue weighted by atomic mass is 32.1. The van der Waals surface area contributed by atoms with Crippen LogP contribution in [-0.4, -0.2) is 15.8 Å². The number of aromatic nitrogens is 2. The van der Waals surface area contributed by atoms with Crippen molar-refractivity contribution in [1.29, 1.82) is 0 Å². The maximum atomic E-state index is 12.3. The van der Waals surface area contributed by atoms with Crippen molar-refractivity contribution in [3.05, 3.63) is 56.1 Å². The monoisotopic (exact) mass is 272 g/mol. The summed E-state index contributed by atoms with van der Waals surface area (Å²) in [4.78, 5) is 30.8. The summed E-state index contributed by atoms with van der Waals surface area (Å²) in [5.74, 6) is -0.00588. The van der Waals surface area contributed by atoms with E-state index in [-0.39, 0.29) is 11.5 Å². The second-order valence-corrected chi connectivity index (χ2v) is 5.46. The van der Waals surface area contributed by atoms with Gasteiger partial charge in [-0.15, -0.1) is 11.3 Å². The number of rotatable bonds is 3. The molecule has 0 aliphatic heterocycles. The number of thiophene rings is 1. The van der Waals surface area contributed by atoms with E-state index >= 15 is 0 Å². The van der Waals surface area contributed by atoms with Gasteiger partial charge in [0.1, 0.15) is 0 Å². The summed E-state index contributed by atoms with van der Waals surface area (Å²) in [7, 11) is 0. The minimum atomic E-state index is -0.260. The Bertz CT molecular complexity index is 810. The molecule has 96 valence electrons. The van der Waals surface area contributed by atoms with Gasteiger partial charge in [-0.1, -0.05) is 6.92 Å². The molecular formula is C14H12N2O2S. The second-order valence-electron chi connectivity index (χ2n) is 4.29. The van der Waals surface area contributed by atoms with Crippen LogP contribution < -0.4 is 5.69 Å². The summed E-state index contributed by atoms with van der Waals surface area (Å²) in [6, 6.07) is 9.03. The number of fused-ring (bicyclic) bond motifs is 1. The van der Waals surface area contributed by atoms with Gasteiger partial charge in [-0.05, 0) is 36.8 Å². The van der Waals surface area contributed by atoms with Crippen LogP contribution in [0.1, 0.15) is 27.0 Å². The van der Waals surface area contributed by atoms with Crippen LogP contribution in [0.25, 0.3) is 11.0 Å². The number of nitrogens with one attached hydrogen (secondary N) is 2. The number of imidazole rings is 1. The van der Waals surface area contributed by atoms with Crippen molar-refractivity contribution >= 4 is 28.2 Å². The Balaban J connectivity index is 2.03. The molecule has 0 aliphatic rings. The Hall–Kier alpha value is -2.14. The molecule has 0 saturated heterocycles. The Labute approximate surface area is 113 Å². The molecule has 0 fully saturated rings. The average molecular weight is 272 g/mol. The smallest absolute Gasteiger partial charge is 0.306 e. The lowest BCUT2D eigenvalue weighted by Crippen LogP contribution is -1.99. The summed E-state index contributed by atoms with van der Waals surface area (Å²) >= 11 is 1.52. The number of aryl methyl sites for hydroxylation is 1. The zero-order chi connectivity index (χ0) is 13.4. The lowest BCUT2D eigenvalue weighted by Gasteiger charge is -1.98. The summed E-state index contributed by atoms with van der Waals surface area (Å²) in [5.41, 5.74) is 1.70. The first-order valence-corrected chi connectivity index (χ1v) is 6.84. The molecule has 0 spiro atoms. The van der Waals surface area contributed by atoms with E-state index in [2.05, 4.69) is 16.9 Å². The molecule has 2 aromatic heterocycles. The number of H-pyrrole nitrogens is 2. The van der Waals surface area contributed by atoms with Crippen LogP contribution in [0.5, 0.6) is 0 Å². The van der Waals surface area contributed by atoms with E-state index in [9.17, 15) is 9.59 Å². The molecular weight excluding hydrogens is 260 g/mol. The molecule has 5 heteroatoms. The number of hydrogen-bond donors (Lipinski definition) is 2. The highest BCUT2D eigenvalue weighted by molar-refractivity contribution is 7.14. The van der Waals surface area contributed by atoms with E-state index in [0.29, 0.717) is 16.6 Å². The minimum absolute atomic E-state index is 0.00588. The second kappa shape index (κ2) is 4.51. The fourth-order valence-electron chi connectivity index (χ4n) is 2.01. The summed E-state index contributed by atoms with van der Waals surface area (Å²) in [6.07, 6.45) is 0.933. The molecule has 0 unspecified atom stereocenters. The molecule has 0 radical (unpaired) electrons. The zero-order valence-electron chi connectivity index (χ0n) is 10.3. The van der Waals surface area contributed by atoms with E-state index in [4.69, 9.17) is 0 Å².